The van der Waals surface area contributed by atoms with Gasteiger partial charge in [0.25, 0.3) is 0 Å². The number of phenols is 2. The van der Waals surface area contributed by atoms with Gasteiger partial charge in [0, 0.05) is 23.8 Å². The lowest BCUT2D eigenvalue weighted by molar-refractivity contribution is -0.346. The normalized spacial score (nSPS) is 31.0. The van der Waals surface area contributed by atoms with Crippen molar-refractivity contribution in [2.24, 2.45) is 5.92 Å². The van der Waals surface area contributed by atoms with E-state index in [1.54, 1.807) is 0 Å². The molecule has 2 aliphatic heterocycles. The number of esters is 1. The van der Waals surface area contributed by atoms with Crippen molar-refractivity contribution in [2.75, 3.05) is 34.5 Å². The Morgan fingerprint density at radius 1 is 0.810 bits per heavy atom. The molecule has 6 rings (SSSR count). The minimum absolute atomic E-state index is 0.0168. The highest BCUT2D eigenvalue weighted by atomic mass is 16.7. The summed E-state index contributed by atoms with van der Waals surface area (Å²) in [6, 6.07) is 9.79. The average Bonchev–Trinajstić information content (AvgIpc) is 3.21. The molecule has 3 aliphatic rings. The molecule has 0 saturated carbocycles. The Labute approximate surface area is 329 Å². The van der Waals surface area contributed by atoms with E-state index in [4.69, 9.17) is 37.6 Å². The number of ether oxygens (including phenoxy) is 7. The number of fused-ring (bicyclic) bond motifs is 1. The lowest BCUT2D eigenvalue weighted by atomic mass is 9.78. The number of methoxy groups -OCH3 is 3. The minimum atomic E-state index is -2.00. The maximum absolute atomic E-state index is 13.5. The summed E-state index contributed by atoms with van der Waals surface area (Å²) < 4.78 is 44.7. The first-order valence-electron chi connectivity index (χ1n) is 17.9. The van der Waals surface area contributed by atoms with Crippen molar-refractivity contribution in [2.45, 2.75) is 67.3 Å². The fourth-order valence-electron chi connectivity index (χ4n) is 7.06. The second-order valence-electron chi connectivity index (χ2n) is 13.7. The molecular weight excluding hydrogens is 772 g/mol. The van der Waals surface area contributed by atoms with Crippen LogP contribution < -0.4 is 14.9 Å². The van der Waals surface area contributed by atoms with E-state index in [2.05, 4.69) is 0 Å². The molecule has 19 heteroatoms. The van der Waals surface area contributed by atoms with Gasteiger partial charge in [-0.15, -0.1) is 0 Å². The first-order chi connectivity index (χ1) is 27.7. The standard InChI is InChI=1S/C39H44O19/c1-51-21-13-22-28(19(42)12-20(55-22)17-5-7-18(41)8-6-17)33(47)29(21)37-38(35(49)31(45)25(14-40)56-37)58-39-36(50)34(48)32(46)26(57-39)15-54-27(43)9-4-16-10-23(52-2)30(44)24(11-16)53-3/h4-13,25-26,29,31-41,44-50H,14-15H2,1-3H3. The second-order valence-corrected chi connectivity index (χ2v) is 13.7. The fraction of sp³-hybridized carbons (Fsp3) is 0.436. The Kier molecular flexibility index (Phi) is 13.1. The maximum Gasteiger partial charge on any atom is 0.330 e. The molecule has 314 valence electrons. The summed E-state index contributed by atoms with van der Waals surface area (Å²) in [7, 11) is 3.90. The first kappa shape index (κ1) is 42.5. The quantitative estimate of drug-likeness (QED) is 0.0808. The number of aliphatic hydroxyl groups is 7. The van der Waals surface area contributed by atoms with Gasteiger partial charge in [-0.1, -0.05) is 0 Å². The van der Waals surface area contributed by atoms with Crippen molar-refractivity contribution in [1.82, 2.24) is 0 Å². The van der Waals surface area contributed by atoms with Crippen LogP contribution in [0.2, 0.25) is 0 Å². The number of phenolic OH excluding ortho intramolecular Hbond substituents is 2. The molecule has 2 aromatic carbocycles. The van der Waals surface area contributed by atoms with Gasteiger partial charge in [-0.3, -0.25) is 4.79 Å². The molecule has 0 bridgehead atoms. The topological polar surface area (TPSA) is 294 Å². The molecule has 19 nitrogen and oxygen atoms in total. The third kappa shape index (κ3) is 8.41. The van der Waals surface area contributed by atoms with E-state index in [0.29, 0.717) is 11.1 Å². The highest BCUT2D eigenvalue weighted by Crippen LogP contribution is 2.44. The molecule has 1 aliphatic carbocycles. The van der Waals surface area contributed by atoms with Crippen molar-refractivity contribution in [1.29, 1.82) is 0 Å². The van der Waals surface area contributed by atoms with E-state index in [1.165, 1.54) is 69.9 Å². The van der Waals surface area contributed by atoms with Crippen molar-refractivity contribution < 1.29 is 88.3 Å². The Morgan fingerprint density at radius 2 is 1.47 bits per heavy atom. The van der Waals surface area contributed by atoms with Gasteiger partial charge in [0.05, 0.1) is 51.6 Å². The van der Waals surface area contributed by atoms with Crippen LogP contribution in [0.5, 0.6) is 23.0 Å². The highest BCUT2D eigenvalue weighted by molar-refractivity contribution is 5.87. The number of rotatable bonds is 12. The van der Waals surface area contributed by atoms with Gasteiger partial charge in [-0.2, -0.15) is 0 Å². The summed E-state index contributed by atoms with van der Waals surface area (Å²) in [5.41, 5.74) is -0.0778. The van der Waals surface area contributed by atoms with E-state index >= 15 is 0 Å². The molecule has 12 atom stereocenters. The van der Waals surface area contributed by atoms with Gasteiger partial charge in [0.1, 0.15) is 78.5 Å². The summed E-state index contributed by atoms with van der Waals surface area (Å²) in [6.45, 7) is -1.50. The van der Waals surface area contributed by atoms with Gasteiger partial charge in [-0.25, -0.2) is 4.79 Å². The predicted molar refractivity (Wildman–Crippen MR) is 196 cm³/mol. The largest absolute Gasteiger partial charge is 0.508 e. The van der Waals surface area contributed by atoms with Crippen molar-refractivity contribution >= 4 is 18.1 Å². The van der Waals surface area contributed by atoms with Crippen LogP contribution in [0.1, 0.15) is 23.0 Å². The van der Waals surface area contributed by atoms with Gasteiger partial charge in [0.15, 0.2) is 23.2 Å². The Bertz CT molecular complexity index is 2020. The zero-order chi connectivity index (χ0) is 42.0. The first-order valence-corrected chi connectivity index (χ1v) is 17.9. The summed E-state index contributed by atoms with van der Waals surface area (Å²) in [5, 5.41) is 96.3. The van der Waals surface area contributed by atoms with E-state index in [9.17, 15) is 55.5 Å². The van der Waals surface area contributed by atoms with Gasteiger partial charge < -0.3 is 83.5 Å². The Hall–Kier alpha value is -5.06. The van der Waals surface area contributed by atoms with Crippen molar-refractivity contribution in [3.8, 4) is 34.3 Å². The van der Waals surface area contributed by atoms with Gasteiger partial charge >= 0.3 is 5.97 Å². The molecule has 3 heterocycles. The van der Waals surface area contributed by atoms with Crippen molar-refractivity contribution in [3.63, 3.8) is 0 Å². The number of aliphatic hydroxyl groups excluding tert-OH is 7. The third-order valence-electron chi connectivity index (χ3n) is 10.2. The lowest BCUT2D eigenvalue weighted by Crippen LogP contribution is -2.66. The zero-order valence-electron chi connectivity index (χ0n) is 31.2. The van der Waals surface area contributed by atoms with Crippen LogP contribution in [-0.4, -0.2) is 148 Å². The van der Waals surface area contributed by atoms with E-state index < -0.39 is 97.9 Å². The molecule has 58 heavy (non-hydrogen) atoms. The fourth-order valence-corrected chi connectivity index (χ4v) is 7.06. The molecule has 0 amide bonds. The van der Waals surface area contributed by atoms with Crippen LogP contribution in [0.15, 0.2) is 63.5 Å². The minimum Gasteiger partial charge on any atom is -0.508 e. The predicted octanol–water partition coefficient (Wildman–Crippen LogP) is -0.683. The summed E-state index contributed by atoms with van der Waals surface area (Å²) in [5.74, 6) is -2.47. The van der Waals surface area contributed by atoms with Crippen LogP contribution in [0.4, 0.5) is 0 Å². The monoisotopic (exact) mass is 816 g/mol. The van der Waals surface area contributed by atoms with Crippen LogP contribution in [0.3, 0.4) is 0 Å². The second kappa shape index (κ2) is 17.8. The highest BCUT2D eigenvalue weighted by Gasteiger charge is 2.55. The van der Waals surface area contributed by atoms with E-state index in [0.717, 1.165) is 12.1 Å². The summed E-state index contributed by atoms with van der Waals surface area (Å²) in [6.07, 6.45) is -15.8. The molecule has 12 unspecified atom stereocenters. The van der Waals surface area contributed by atoms with Crippen LogP contribution >= 0.6 is 0 Å². The lowest BCUT2D eigenvalue weighted by Gasteiger charge is -2.49. The van der Waals surface area contributed by atoms with Crippen molar-refractivity contribution in [3.05, 3.63) is 81.4 Å². The molecule has 2 fully saturated rings. The third-order valence-corrected chi connectivity index (χ3v) is 10.2. The average molecular weight is 817 g/mol. The van der Waals surface area contributed by atoms with Crippen LogP contribution in [-0.2, 0) is 28.5 Å². The van der Waals surface area contributed by atoms with Crippen LogP contribution in [0, 0.1) is 5.92 Å². The number of aromatic hydroxyl groups is 2. The summed E-state index contributed by atoms with van der Waals surface area (Å²) >= 11 is 0. The van der Waals surface area contributed by atoms with Gasteiger partial charge in [0.2, 0.25) is 5.75 Å². The molecule has 3 aromatic rings. The van der Waals surface area contributed by atoms with Crippen LogP contribution in [0.25, 0.3) is 23.5 Å². The molecule has 9 N–H and O–H groups in total. The Balaban J connectivity index is 1.23. The molecule has 0 spiro atoms. The van der Waals surface area contributed by atoms with Gasteiger partial charge in [-0.05, 0) is 48.0 Å². The van der Waals surface area contributed by atoms with E-state index in [-0.39, 0.29) is 45.8 Å². The maximum atomic E-state index is 13.5. The molecule has 1 aromatic heterocycles. The smallest absolute Gasteiger partial charge is 0.330 e. The number of carbonyl (C=O) groups excluding carboxylic acids is 1. The number of carbonyl (C=O) groups is 1. The zero-order valence-corrected chi connectivity index (χ0v) is 31.2. The molecule has 0 radical (unpaired) electrons. The SMILES string of the molecule is COC1=Cc2oc(-c3ccc(O)cc3)cc(=O)c2C(O)C1C1OC(CO)C(O)C(O)C1OC1OC(COC(=O)C=Cc2cc(OC)c(O)c(OC)c2)C(O)C(O)C1O. The summed E-state index contributed by atoms with van der Waals surface area (Å²) in [4.78, 5) is 26.2. The molecular formula is C39H44O19. The van der Waals surface area contributed by atoms with E-state index in [1.807, 2.05) is 0 Å². The Morgan fingerprint density at radius 3 is 2.09 bits per heavy atom. The number of hydrogen-bond acceptors (Lipinski definition) is 19. The number of benzene rings is 2. The molecule has 2 saturated heterocycles. The number of hydrogen-bond donors (Lipinski definition) is 9.